The highest BCUT2D eigenvalue weighted by Gasteiger charge is 2.00. The second-order valence-corrected chi connectivity index (χ2v) is 2.94. The van der Waals surface area contributed by atoms with Gasteiger partial charge in [-0.1, -0.05) is 0 Å². The standard InChI is InChI=1S/C10H10N4O/c1-15-10-13-4-7(5-14-10)9-3-2-8(11)6-12-9/h2-6H,11H2,1H3. The highest BCUT2D eigenvalue weighted by atomic mass is 16.5. The third-order valence-corrected chi connectivity index (χ3v) is 1.89. The molecule has 0 fully saturated rings. The Morgan fingerprint density at radius 1 is 1.07 bits per heavy atom. The van der Waals surface area contributed by atoms with E-state index in [1.165, 1.54) is 7.11 Å². The van der Waals surface area contributed by atoms with Crippen molar-refractivity contribution in [3.8, 4) is 17.3 Å². The molecule has 0 aromatic carbocycles. The zero-order valence-electron chi connectivity index (χ0n) is 8.21. The van der Waals surface area contributed by atoms with Crippen LogP contribution in [-0.2, 0) is 0 Å². The lowest BCUT2D eigenvalue weighted by Gasteiger charge is -2.01. The van der Waals surface area contributed by atoms with Crippen molar-refractivity contribution in [2.24, 2.45) is 0 Å². The lowest BCUT2D eigenvalue weighted by molar-refractivity contribution is 0.380. The van der Waals surface area contributed by atoms with Crippen molar-refractivity contribution < 1.29 is 4.74 Å². The van der Waals surface area contributed by atoms with Crippen LogP contribution in [0, 0.1) is 0 Å². The second kappa shape index (κ2) is 3.91. The van der Waals surface area contributed by atoms with Gasteiger partial charge in [0.25, 0.3) is 0 Å². The van der Waals surface area contributed by atoms with Gasteiger partial charge >= 0.3 is 6.01 Å². The average Bonchev–Trinajstić information content (AvgIpc) is 2.30. The van der Waals surface area contributed by atoms with Gasteiger partial charge in [-0.05, 0) is 12.1 Å². The molecule has 0 aliphatic carbocycles. The zero-order valence-corrected chi connectivity index (χ0v) is 8.21. The molecule has 2 aromatic heterocycles. The first-order valence-electron chi connectivity index (χ1n) is 4.37. The van der Waals surface area contributed by atoms with E-state index in [4.69, 9.17) is 10.5 Å². The Kier molecular flexibility index (Phi) is 2.45. The largest absolute Gasteiger partial charge is 0.467 e. The first kappa shape index (κ1) is 9.39. The average molecular weight is 202 g/mol. The monoisotopic (exact) mass is 202 g/mol. The van der Waals surface area contributed by atoms with Crippen LogP contribution in [0.25, 0.3) is 11.3 Å². The number of nitrogen functional groups attached to an aromatic ring is 1. The molecule has 0 bridgehead atoms. The fourth-order valence-corrected chi connectivity index (χ4v) is 1.13. The van der Waals surface area contributed by atoms with Crippen molar-refractivity contribution in [3.05, 3.63) is 30.7 Å². The van der Waals surface area contributed by atoms with Crippen LogP contribution >= 0.6 is 0 Å². The van der Waals surface area contributed by atoms with Crippen LogP contribution in [0.1, 0.15) is 0 Å². The molecule has 5 nitrogen and oxygen atoms in total. The molecule has 15 heavy (non-hydrogen) atoms. The lowest BCUT2D eigenvalue weighted by atomic mass is 10.2. The summed E-state index contributed by atoms with van der Waals surface area (Å²) in [5.74, 6) is 0. The third-order valence-electron chi connectivity index (χ3n) is 1.89. The Hall–Kier alpha value is -2.17. The van der Waals surface area contributed by atoms with E-state index in [2.05, 4.69) is 15.0 Å². The van der Waals surface area contributed by atoms with Crippen LogP contribution in [-0.4, -0.2) is 22.1 Å². The van der Waals surface area contributed by atoms with Crippen molar-refractivity contribution in [1.29, 1.82) is 0 Å². The van der Waals surface area contributed by atoms with Gasteiger partial charge in [-0.15, -0.1) is 0 Å². The second-order valence-electron chi connectivity index (χ2n) is 2.94. The molecule has 2 N–H and O–H groups in total. The summed E-state index contributed by atoms with van der Waals surface area (Å²) in [7, 11) is 1.52. The Balaban J connectivity index is 2.33. The fraction of sp³-hybridized carbons (Fsp3) is 0.100. The molecule has 0 amide bonds. The van der Waals surface area contributed by atoms with Gasteiger partial charge in [0.05, 0.1) is 24.7 Å². The molecule has 2 rings (SSSR count). The first-order chi connectivity index (χ1) is 7.29. The van der Waals surface area contributed by atoms with Gasteiger partial charge in [0.15, 0.2) is 0 Å². The predicted molar refractivity (Wildman–Crippen MR) is 56.2 cm³/mol. The first-order valence-corrected chi connectivity index (χ1v) is 4.37. The third kappa shape index (κ3) is 2.01. The molecule has 0 saturated heterocycles. The number of hydrogen-bond donors (Lipinski definition) is 1. The molecular weight excluding hydrogens is 192 g/mol. The molecule has 0 unspecified atom stereocenters. The van der Waals surface area contributed by atoms with Crippen LogP contribution in [0.15, 0.2) is 30.7 Å². The van der Waals surface area contributed by atoms with Gasteiger partial charge in [0.1, 0.15) is 0 Å². The number of anilines is 1. The summed E-state index contributed by atoms with van der Waals surface area (Å²) in [6, 6.07) is 3.95. The smallest absolute Gasteiger partial charge is 0.316 e. The van der Waals surface area contributed by atoms with Crippen molar-refractivity contribution in [2.75, 3.05) is 12.8 Å². The minimum absolute atomic E-state index is 0.342. The Morgan fingerprint density at radius 3 is 2.33 bits per heavy atom. The molecule has 0 saturated carbocycles. The number of aromatic nitrogens is 3. The van der Waals surface area contributed by atoms with E-state index in [0.29, 0.717) is 11.7 Å². The van der Waals surface area contributed by atoms with Gasteiger partial charge < -0.3 is 10.5 Å². The maximum Gasteiger partial charge on any atom is 0.316 e. The van der Waals surface area contributed by atoms with E-state index in [9.17, 15) is 0 Å². The normalized spacial score (nSPS) is 9.93. The van der Waals surface area contributed by atoms with E-state index in [0.717, 1.165) is 11.3 Å². The van der Waals surface area contributed by atoms with E-state index in [-0.39, 0.29) is 0 Å². The maximum atomic E-state index is 5.54. The number of rotatable bonds is 2. The molecule has 5 heteroatoms. The molecular formula is C10H10N4O. The van der Waals surface area contributed by atoms with Crippen LogP contribution < -0.4 is 10.5 Å². The topological polar surface area (TPSA) is 73.9 Å². The molecule has 76 valence electrons. The summed E-state index contributed by atoms with van der Waals surface area (Å²) in [5, 5.41) is 0. The minimum atomic E-state index is 0.342. The van der Waals surface area contributed by atoms with Gasteiger partial charge in [-0.25, -0.2) is 9.97 Å². The Morgan fingerprint density at radius 2 is 1.80 bits per heavy atom. The highest BCUT2D eigenvalue weighted by Crippen LogP contribution is 2.16. The number of methoxy groups -OCH3 is 1. The van der Waals surface area contributed by atoms with Crippen molar-refractivity contribution in [3.63, 3.8) is 0 Å². The van der Waals surface area contributed by atoms with Crippen molar-refractivity contribution in [2.45, 2.75) is 0 Å². The van der Waals surface area contributed by atoms with Crippen LogP contribution in [0.4, 0.5) is 5.69 Å². The lowest BCUT2D eigenvalue weighted by Crippen LogP contribution is -1.93. The van der Waals surface area contributed by atoms with E-state index in [1.807, 2.05) is 6.07 Å². The van der Waals surface area contributed by atoms with Crippen LogP contribution in [0.3, 0.4) is 0 Å². The maximum absolute atomic E-state index is 5.54. The number of ether oxygens (including phenoxy) is 1. The summed E-state index contributed by atoms with van der Waals surface area (Å²) < 4.78 is 4.86. The molecule has 0 spiro atoms. The SMILES string of the molecule is COc1ncc(-c2ccc(N)cn2)cn1. The van der Waals surface area contributed by atoms with E-state index < -0.39 is 0 Å². The molecule has 2 aromatic rings. The Labute approximate surface area is 87.0 Å². The summed E-state index contributed by atoms with van der Waals surface area (Å²) in [6.07, 6.45) is 4.91. The van der Waals surface area contributed by atoms with Gasteiger partial charge in [-0.2, -0.15) is 0 Å². The number of nitrogens with two attached hydrogens (primary N) is 1. The highest BCUT2D eigenvalue weighted by molar-refractivity contribution is 5.58. The zero-order chi connectivity index (χ0) is 10.7. The summed E-state index contributed by atoms with van der Waals surface area (Å²) >= 11 is 0. The molecule has 2 heterocycles. The van der Waals surface area contributed by atoms with E-state index >= 15 is 0 Å². The predicted octanol–water partition coefficient (Wildman–Crippen LogP) is 1.13. The van der Waals surface area contributed by atoms with Gasteiger partial charge in [-0.3, -0.25) is 4.98 Å². The quantitative estimate of drug-likeness (QED) is 0.790. The number of pyridine rings is 1. The molecule has 0 atom stereocenters. The van der Waals surface area contributed by atoms with Crippen molar-refractivity contribution in [1.82, 2.24) is 15.0 Å². The summed E-state index contributed by atoms with van der Waals surface area (Å²) in [5.41, 5.74) is 7.78. The van der Waals surface area contributed by atoms with Gasteiger partial charge in [0, 0.05) is 18.0 Å². The molecule has 0 aliphatic rings. The molecule has 0 radical (unpaired) electrons. The summed E-state index contributed by atoms with van der Waals surface area (Å²) in [6.45, 7) is 0. The molecule has 0 aliphatic heterocycles. The number of hydrogen-bond acceptors (Lipinski definition) is 5. The van der Waals surface area contributed by atoms with Crippen LogP contribution in [0.5, 0.6) is 6.01 Å². The summed E-state index contributed by atoms with van der Waals surface area (Å²) in [4.78, 5) is 12.1. The van der Waals surface area contributed by atoms with Crippen LogP contribution in [0.2, 0.25) is 0 Å². The van der Waals surface area contributed by atoms with Gasteiger partial charge in [0.2, 0.25) is 0 Å². The number of nitrogens with zero attached hydrogens (tertiary/aromatic N) is 3. The van der Waals surface area contributed by atoms with Crippen molar-refractivity contribution >= 4 is 5.69 Å². The Bertz CT molecular complexity index is 438. The minimum Gasteiger partial charge on any atom is -0.467 e. The van der Waals surface area contributed by atoms with E-state index in [1.54, 1.807) is 24.7 Å². The fourth-order valence-electron chi connectivity index (χ4n) is 1.13.